The summed E-state index contributed by atoms with van der Waals surface area (Å²) in [5.41, 5.74) is 0. The Morgan fingerprint density at radius 1 is 0.660 bits per heavy atom. The highest BCUT2D eigenvalue weighted by Gasteiger charge is 2.46. The number of rotatable bonds is 31. The number of allylic oxidation sites excluding steroid dienone is 2. The van der Waals surface area contributed by atoms with Gasteiger partial charge in [-0.2, -0.15) is 8.42 Å². The monoisotopic (exact) mass is 736 g/mol. The van der Waals surface area contributed by atoms with Gasteiger partial charge in [-0.25, -0.2) is 0 Å². The van der Waals surface area contributed by atoms with E-state index in [9.17, 15) is 37.9 Å². The minimum atomic E-state index is -4.59. The Morgan fingerprint density at radius 2 is 1.16 bits per heavy atom. The first-order valence-corrected chi connectivity index (χ1v) is 20.9. The number of hydrogen-bond donors (Lipinski definition) is 4. The van der Waals surface area contributed by atoms with Crippen LogP contribution in [-0.2, 0) is 38.7 Å². The first-order chi connectivity index (χ1) is 24.0. The van der Waals surface area contributed by atoms with Gasteiger partial charge in [0.25, 0.3) is 10.1 Å². The molecule has 0 aromatic rings. The number of ether oxygens (including phenoxy) is 4. The molecule has 294 valence electrons. The molecule has 13 heteroatoms. The number of hydrogen-bond acceptors (Lipinski definition) is 11. The van der Waals surface area contributed by atoms with Gasteiger partial charge in [0, 0.05) is 12.8 Å². The summed E-state index contributed by atoms with van der Waals surface area (Å²) >= 11 is 0. The fraction of sp³-hybridized carbons (Fsp3) is 0.892. The molecule has 50 heavy (non-hydrogen) atoms. The van der Waals surface area contributed by atoms with Gasteiger partial charge in [0.2, 0.25) is 0 Å². The molecule has 1 fully saturated rings. The summed E-state index contributed by atoms with van der Waals surface area (Å²) in [6, 6.07) is 0. The van der Waals surface area contributed by atoms with Crippen LogP contribution < -0.4 is 0 Å². The predicted octanol–water partition coefficient (Wildman–Crippen LogP) is 6.33. The van der Waals surface area contributed by atoms with Crippen molar-refractivity contribution in [3.05, 3.63) is 12.2 Å². The molecule has 12 nitrogen and oxygen atoms in total. The van der Waals surface area contributed by atoms with Gasteiger partial charge in [-0.1, -0.05) is 122 Å². The highest BCUT2D eigenvalue weighted by Crippen LogP contribution is 2.24. The fourth-order valence-electron chi connectivity index (χ4n) is 5.77. The predicted molar refractivity (Wildman–Crippen MR) is 192 cm³/mol. The standard InChI is InChI=1S/C37H68O12S/c1-3-5-7-9-11-12-13-14-15-16-17-18-20-22-24-26-33(39)48-30(27-46-32(38)25-23-21-19-10-8-6-4-2)28-47-37-36(42)35(41)34(40)31(49-37)29-50(43,44)45/h9,11,30-31,34-37,40-42H,3-8,10,12-29H2,1-2H3,(H,43,44,45)/b11-9+/t30-,31-,34-,35?,36?,37+/m1/s1. The third-order valence-corrected chi connectivity index (χ3v) is 9.60. The first kappa shape index (κ1) is 46.4. The summed E-state index contributed by atoms with van der Waals surface area (Å²) in [4.78, 5) is 25.1. The number of carbonyl (C=O) groups excluding carboxylic acids is 2. The molecule has 1 rings (SSSR count). The van der Waals surface area contributed by atoms with Crippen molar-refractivity contribution in [3.8, 4) is 0 Å². The Balaban J connectivity index is 2.49. The lowest BCUT2D eigenvalue weighted by molar-refractivity contribution is -0.297. The van der Waals surface area contributed by atoms with Crippen LogP contribution in [-0.4, -0.2) is 96.0 Å². The SMILES string of the molecule is CCCC/C=C/CCCCCCCCCCCC(=O)O[C@H](COC(=O)CCCCCCCCC)CO[C@H]1O[C@H](CS(=O)(=O)O)[C@@H](O)C(O)C1O. The third kappa shape index (κ3) is 23.8. The minimum Gasteiger partial charge on any atom is -0.462 e. The van der Waals surface area contributed by atoms with E-state index < -0.39 is 71.2 Å². The van der Waals surface area contributed by atoms with Crippen LogP contribution in [0.15, 0.2) is 12.2 Å². The Morgan fingerprint density at radius 3 is 1.72 bits per heavy atom. The van der Waals surface area contributed by atoms with Crippen LogP contribution >= 0.6 is 0 Å². The zero-order valence-corrected chi connectivity index (χ0v) is 31.6. The highest BCUT2D eigenvalue weighted by atomic mass is 32.2. The van der Waals surface area contributed by atoms with Crippen LogP contribution in [0.5, 0.6) is 0 Å². The number of unbranched alkanes of at least 4 members (excludes halogenated alkanes) is 17. The molecule has 0 aromatic heterocycles. The lowest BCUT2D eigenvalue weighted by Gasteiger charge is -2.40. The second-order valence-electron chi connectivity index (χ2n) is 13.6. The molecule has 0 aliphatic carbocycles. The molecule has 6 atom stereocenters. The smallest absolute Gasteiger partial charge is 0.306 e. The molecule has 1 aliphatic heterocycles. The van der Waals surface area contributed by atoms with Crippen LogP contribution in [0.25, 0.3) is 0 Å². The molecule has 1 heterocycles. The van der Waals surface area contributed by atoms with Crippen molar-refractivity contribution in [3.63, 3.8) is 0 Å². The van der Waals surface area contributed by atoms with E-state index in [1.165, 1.54) is 70.6 Å². The topological polar surface area (TPSA) is 186 Å². The van der Waals surface area contributed by atoms with E-state index in [1.807, 2.05) is 0 Å². The molecule has 0 bridgehead atoms. The summed E-state index contributed by atoms with van der Waals surface area (Å²) in [6.45, 7) is 3.65. The molecule has 0 radical (unpaired) electrons. The summed E-state index contributed by atoms with van der Waals surface area (Å²) in [7, 11) is -4.59. The second-order valence-corrected chi connectivity index (χ2v) is 15.1. The van der Waals surface area contributed by atoms with Gasteiger partial charge in [-0.05, 0) is 32.1 Å². The summed E-state index contributed by atoms with van der Waals surface area (Å²) in [5.74, 6) is -1.99. The van der Waals surface area contributed by atoms with E-state index in [-0.39, 0.29) is 19.4 Å². The lowest BCUT2D eigenvalue weighted by atomic mass is 10.00. The summed E-state index contributed by atoms with van der Waals surface area (Å²) in [5, 5.41) is 30.7. The van der Waals surface area contributed by atoms with E-state index in [2.05, 4.69) is 26.0 Å². The maximum atomic E-state index is 12.7. The zero-order chi connectivity index (χ0) is 37.0. The quantitative estimate of drug-likeness (QED) is 0.0269. The third-order valence-electron chi connectivity index (χ3n) is 8.85. The molecule has 0 aromatic carbocycles. The van der Waals surface area contributed by atoms with Crippen molar-refractivity contribution in [2.75, 3.05) is 19.0 Å². The maximum absolute atomic E-state index is 12.7. The lowest BCUT2D eigenvalue weighted by Crippen LogP contribution is -2.60. The Bertz CT molecular complexity index is 1000. The van der Waals surface area contributed by atoms with Crippen LogP contribution in [0.4, 0.5) is 0 Å². The van der Waals surface area contributed by atoms with Gasteiger partial charge in [0.05, 0.1) is 6.61 Å². The largest absolute Gasteiger partial charge is 0.462 e. The van der Waals surface area contributed by atoms with Gasteiger partial charge in [0.1, 0.15) is 36.8 Å². The van der Waals surface area contributed by atoms with Crippen molar-refractivity contribution < 1.29 is 56.8 Å². The molecule has 0 amide bonds. The number of aliphatic hydroxyl groups is 3. The van der Waals surface area contributed by atoms with Gasteiger partial charge >= 0.3 is 11.9 Å². The van der Waals surface area contributed by atoms with Crippen molar-refractivity contribution in [2.24, 2.45) is 0 Å². The van der Waals surface area contributed by atoms with E-state index in [4.69, 9.17) is 18.9 Å². The second kappa shape index (κ2) is 28.9. The Labute approximate surface area is 301 Å². The van der Waals surface area contributed by atoms with Crippen LogP contribution in [0.2, 0.25) is 0 Å². The average Bonchev–Trinajstić information content (AvgIpc) is 3.07. The van der Waals surface area contributed by atoms with Gasteiger partial charge in [0.15, 0.2) is 12.4 Å². The fourth-order valence-corrected chi connectivity index (χ4v) is 6.46. The van der Waals surface area contributed by atoms with Crippen molar-refractivity contribution in [1.29, 1.82) is 0 Å². The van der Waals surface area contributed by atoms with Crippen molar-refractivity contribution >= 4 is 22.1 Å². The van der Waals surface area contributed by atoms with Crippen LogP contribution in [0.3, 0.4) is 0 Å². The van der Waals surface area contributed by atoms with Crippen LogP contribution in [0.1, 0.15) is 155 Å². The molecular weight excluding hydrogens is 668 g/mol. The van der Waals surface area contributed by atoms with E-state index >= 15 is 0 Å². The first-order valence-electron chi connectivity index (χ1n) is 19.2. The van der Waals surface area contributed by atoms with Crippen molar-refractivity contribution in [1.82, 2.24) is 0 Å². The van der Waals surface area contributed by atoms with Crippen LogP contribution in [0, 0.1) is 0 Å². The van der Waals surface area contributed by atoms with E-state index in [0.717, 1.165) is 44.9 Å². The van der Waals surface area contributed by atoms with Gasteiger partial charge in [-0.15, -0.1) is 0 Å². The zero-order valence-electron chi connectivity index (χ0n) is 30.8. The number of esters is 2. The molecule has 1 aliphatic rings. The molecule has 4 N–H and O–H groups in total. The summed E-state index contributed by atoms with van der Waals surface area (Å²) in [6.07, 6.45) is 17.2. The number of aliphatic hydroxyl groups excluding tert-OH is 3. The maximum Gasteiger partial charge on any atom is 0.306 e. The van der Waals surface area contributed by atoms with E-state index in [1.54, 1.807) is 0 Å². The minimum absolute atomic E-state index is 0.165. The Kier molecular flexibility index (Phi) is 26.8. The average molecular weight is 737 g/mol. The molecule has 0 spiro atoms. The normalized spacial score (nSPS) is 21.8. The van der Waals surface area contributed by atoms with E-state index in [0.29, 0.717) is 12.8 Å². The van der Waals surface area contributed by atoms with Crippen molar-refractivity contribution in [2.45, 2.75) is 192 Å². The Hall–Kier alpha value is -1.61. The molecule has 2 unspecified atom stereocenters. The molecular formula is C37H68O12S. The highest BCUT2D eigenvalue weighted by molar-refractivity contribution is 7.85. The summed E-state index contributed by atoms with van der Waals surface area (Å²) < 4.78 is 53.7. The van der Waals surface area contributed by atoms with Gasteiger partial charge < -0.3 is 34.3 Å². The number of carbonyl (C=O) groups is 2. The molecule has 1 saturated heterocycles. The van der Waals surface area contributed by atoms with Gasteiger partial charge in [-0.3, -0.25) is 14.1 Å². The molecule has 0 saturated carbocycles.